The summed E-state index contributed by atoms with van der Waals surface area (Å²) in [5, 5.41) is -0.280. The number of halogens is 2. The molecule has 1 unspecified atom stereocenters. The molecule has 4 heteroatoms. The Balaban J connectivity index is 2.54. The molecule has 0 aliphatic carbocycles. The summed E-state index contributed by atoms with van der Waals surface area (Å²) in [7, 11) is 3.28. The molecule has 0 aliphatic rings. The molecule has 2 nitrogen and oxygen atoms in total. The molecule has 0 saturated heterocycles. The maximum atomic E-state index is 6.73. The standard InChI is InChI=1S/C17H18BrClO2/c1-4-11-7-5-6-8-12(11)17(19)13-9-16(21-3)14(18)10-15(13)20-2/h5-10,17H,4H2,1-3H3. The molecule has 0 fully saturated rings. The van der Waals surface area contributed by atoms with Crippen molar-refractivity contribution in [1.29, 1.82) is 0 Å². The molecule has 0 aromatic heterocycles. The summed E-state index contributed by atoms with van der Waals surface area (Å²) >= 11 is 10.2. The highest BCUT2D eigenvalue weighted by molar-refractivity contribution is 9.10. The van der Waals surface area contributed by atoms with Crippen molar-refractivity contribution < 1.29 is 9.47 Å². The monoisotopic (exact) mass is 368 g/mol. The molecule has 112 valence electrons. The number of alkyl halides is 1. The van der Waals surface area contributed by atoms with Gasteiger partial charge in [-0.2, -0.15) is 0 Å². The zero-order chi connectivity index (χ0) is 15.4. The molecule has 0 amide bonds. The molecule has 0 aliphatic heterocycles. The van der Waals surface area contributed by atoms with Crippen LogP contribution in [0.3, 0.4) is 0 Å². The number of hydrogen-bond donors (Lipinski definition) is 0. The summed E-state index contributed by atoms with van der Waals surface area (Å²) in [5.74, 6) is 1.49. The van der Waals surface area contributed by atoms with Crippen molar-refractivity contribution in [1.82, 2.24) is 0 Å². The van der Waals surface area contributed by atoms with E-state index in [1.807, 2.05) is 24.3 Å². The van der Waals surface area contributed by atoms with E-state index in [-0.39, 0.29) is 5.38 Å². The summed E-state index contributed by atoms with van der Waals surface area (Å²) in [4.78, 5) is 0. The van der Waals surface area contributed by atoms with Crippen molar-refractivity contribution >= 4 is 27.5 Å². The van der Waals surface area contributed by atoms with Gasteiger partial charge in [0.05, 0.1) is 24.1 Å². The second kappa shape index (κ2) is 7.19. The van der Waals surface area contributed by atoms with E-state index in [0.717, 1.165) is 33.5 Å². The van der Waals surface area contributed by atoms with E-state index in [4.69, 9.17) is 21.1 Å². The van der Waals surface area contributed by atoms with Gasteiger partial charge in [-0.05, 0) is 45.6 Å². The molecule has 21 heavy (non-hydrogen) atoms. The minimum atomic E-state index is -0.280. The molecule has 0 N–H and O–H groups in total. The van der Waals surface area contributed by atoms with Gasteiger partial charge in [0.15, 0.2) is 0 Å². The van der Waals surface area contributed by atoms with Gasteiger partial charge in [-0.25, -0.2) is 0 Å². The molecular formula is C17H18BrClO2. The zero-order valence-electron chi connectivity index (χ0n) is 12.3. The van der Waals surface area contributed by atoms with Crippen LogP contribution in [-0.2, 0) is 6.42 Å². The number of rotatable bonds is 5. The first kappa shape index (κ1) is 16.2. The first-order valence-corrected chi connectivity index (χ1v) is 7.98. The van der Waals surface area contributed by atoms with E-state index < -0.39 is 0 Å². The van der Waals surface area contributed by atoms with Crippen molar-refractivity contribution in [3.63, 3.8) is 0 Å². The number of hydrogen-bond acceptors (Lipinski definition) is 2. The molecular weight excluding hydrogens is 352 g/mol. The number of aryl methyl sites for hydroxylation is 1. The third-order valence-corrected chi connectivity index (χ3v) is 4.58. The van der Waals surface area contributed by atoms with Crippen molar-refractivity contribution in [3.05, 3.63) is 57.6 Å². The Labute approximate surface area is 139 Å². The Hall–Kier alpha value is -1.19. The van der Waals surface area contributed by atoms with E-state index in [2.05, 4.69) is 35.0 Å². The second-order valence-electron chi connectivity index (χ2n) is 4.64. The van der Waals surface area contributed by atoms with Crippen molar-refractivity contribution in [3.8, 4) is 11.5 Å². The van der Waals surface area contributed by atoms with Crippen LogP contribution in [0, 0.1) is 0 Å². The van der Waals surface area contributed by atoms with Crippen molar-refractivity contribution in [2.24, 2.45) is 0 Å². The van der Waals surface area contributed by atoms with Gasteiger partial charge in [0.2, 0.25) is 0 Å². The molecule has 2 rings (SSSR count). The number of ether oxygens (including phenoxy) is 2. The average molecular weight is 370 g/mol. The van der Waals surface area contributed by atoms with Crippen molar-refractivity contribution in [2.45, 2.75) is 18.7 Å². The molecule has 2 aromatic rings. The normalized spacial score (nSPS) is 12.0. The number of benzene rings is 2. The number of methoxy groups -OCH3 is 2. The zero-order valence-corrected chi connectivity index (χ0v) is 14.7. The molecule has 0 heterocycles. The van der Waals surface area contributed by atoms with Crippen molar-refractivity contribution in [2.75, 3.05) is 14.2 Å². The molecule has 1 atom stereocenters. The Morgan fingerprint density at radius 2 is 1.71 bits per heavy atom. The highest BCUT2D eigenvalue weighted by Crippen LogP contribution is 2.41. The molecule has 0 saturated carbocycles. The first-order chi connectivity index (χ1) is 10.1. The predicted octanol–water partition coefficient (Wildman–Crippen LogP) is 5.36. The van der Waals surface area contributed by atoms with E-state index in [1.165, 1.54) is 5.56 Å². The van der Waals surface area contributed by atoms with Gasteiger partial charge >= 0.3 is 0 Å². The van der Waals surface area contributed by atoms with Crippen LogP contribution in [-0.4, -0.2) is 14.2 Å². The molecule has 0 radical (unpaired) electrons. The smallest absolute Gasteiger partial charge is 0.133 e. The first-order valence-electron chi connectivity index (χ1n) is 6.75. The van der Waals surface area contributed by atoms with Crippen LogP contribution in [0.4, 0.5) is 0 Å². The van der Waals surface area contributed by atoms with Crippen LogP contribution in [0.25, 0.3) is 0 Å². The topological polar surface area (TPSA) is 18.5 Å². The van der Waals surface area contributed by atoms with Gasteiger partial charge in [-0.15, -0.1) is 11.6 Å². The minimum absolute atomic E-state index is 0.280. The summed E-state index contributed by atoms with van der Waals surface area (Å²) < 4.78 is 11.7. The lowest BCUT2D eigenvalue weighted by Gasteiger charge is -2.18. The predicted molar refractivity (Wildman–Crippen MR) is 90.8 cm³/mol. The fraction of sp³-hybridized carbons (Fsp3) is 0.294. The SMILES string of the molecule is CCc1ccccc1C(Cl)c1cc(OC)c(Br)cc1OC. The van der Waals surface area contributed by atoms with Crippen LogP contribution in [0.5, 0.6) is 11.5 Å². The lowest BCUT2D eigenvalue weighted by Crippen LogP contribution is -2.02. The molecule has 0 bridgehead atoms. The van der Waals surface area contributed by atoms with Gasteiger partial charge in [0.25, 0.3) is 0 Å². The summed E-state index contributed by atoms with van der Waals surface area (Å²) in [6.07, 6.45) is 0.940. The lowest BCUT2D eigenvalue weighted by molar-refractivity contribution is 0.397. The van der Waals surface area contributed by atoms with E-state index >= 15 is 0 Å². The maximum Gasteiger partial charge on any atom is 0.133 e. The van der Waals surface area contributed by atoms with Gasteiger partial charge in [-0.3, -0.25) is 0 Å². The maximum absolute atomic E-state index is 6.73. The lowest BCUT2D eigenvalue weighted by atomic mass is 9.97. The highest BCUT2D eigenvalue weighted by atomic mass is 79.9. The Bertz CT molecular complexity index is 628. The van der Waals surface area contributed by atoms with Crippen LogP contribution >= 0.6 is 27.5 Å². The Kier molecular flexibility index (Phi) is 5.54. The quantitative estimate of drug-likeness (QED) is 0.661. The molecule has 0 spiro atoms. The third-order valence-electron chi connectivity index (χ3n) is 3.49. The summed E-state index contributed by atoms with van der Waals surface area (Å²) in [6, 6.07) is 12.0. The van der Waals surface area contributed by atoms with E-state index in [9.17, 15) is 0 Å². The summed E-state index contributed by atoms with van der Waals surface area (Å²) in [5.41, 5.74) is 3.24. The Morgan fingerprint density at radius 1 is 1.05 bits per heavy atom. The van der Waals surface area contributed by atoms with Gasteiger partial charge in [0, 0.05) is 5.56 Å². The fourth-order valence-electron chi connectivity index (χ4n) is 2.35. The average Bonchev–Trinajstić information content (AvgIpc) is 2.53. The minimum Gasteiger partial charge on any atom is -0.496 e. The fourth-order valence-corrected chi connectivity index (χ4v) is 3.22. The molecule has 2 aromatic carbocycles. The largest absolute Gasteiger partial charge is 0.496 e. The highest BCUT2D eigenvalue weighted by Gasteiger charge is 2.20. The van der Waals surface area contributed by atoms with Gasteiger partial charge < -0.3 is 9.47 Å². The van der Waals surface area contributed by atoms with Crippen LogP contribution < -0.4 is 9.47 Å². The Morgan fingerprint density at radius 3 is 2.33 bits per heavy atom. The van der Waals surface area contributed by atoms with Gasteiger partial charge in [0.1, 0.15) is 11.5 Å². The van der Waals surface area contributed by atoms with Crippen LogP contribution in [0.1, 0.15) is 29.0 Å². The van der Waals surface area contributed by atoms with Crippen LogP contribution in [0.2, 0.25) is 0 Å². The van der Waals surface area contributed by atoms with Gasteiger partial charge in [-0.1, -0.05) is 31.2 Å². The van der Waals surface area contributed by atoms with E-state index in [0.29, 0.717) is 0 Å². The van der Waals surface area contributed by atoms with E-state index in [1.54, 1.807) is 14.2 Å². The third kappa shape index (κ3) is 3.35. The second-order valence-corrected chi connectivity index (χ2v) is 5.93. The van der Waals surface area contributed by atoms with Crippen LogP contribution in [0.15, 0.2) is 40.9 Å². The summed E-state index contributed by atoms with van der Waals surface area (Å²) in [6.45, 7) is 2.13.